The third-order valence-corrected chi connectivity index (χ3v) is 3.57. The molecule has 1 aromatic carbocycles. The Morgan fingerprint density at radius 3 is 2.94 bits per heavy atom. The molecule has 1 N–H and O–H groups in total. The zero-order chi connectivity index (χ0) is 13.3. The fourth-order valence-electron chi connectivity index (χ4n) is 1.77. The van der Waals surface area contributed by atoms with Crippen LogP contribution in [0, 0.1) is 5.82 Å². The molecule has 0 saturated heterocycles. The van der Waals surface area contributed by atoms with Crippen LogP contribution in [-0.2, 0) is 6.54 Å². The molecule has 1 unspecified atom stereocenters. The summed E-state index contributed by atoms with van der Waals surface area (Å²) < 4.78 is 16.1. The summed E-state index contributed by atoms with van der Waals surface area (Å²) in [6, 6.07) is 4.55. The first-order valence-electron chi connectivity index (χ1n) is 5.39. The van der Waals surface area contributed by atoms with Crippen LogP contribution in [0.25, 0.3) is 0 Å². The van der Waals surface area contributed by atoms with Crippen molar-refractivity contribution in [2.24, 2.45) is 0 Å². The first-order chi connectivity index (χ1) is 8.56. The molecule has 6 heteroatoms. The zero-order valence-corrected chi connectivity index (χ0v) is 11.9. The summed E-state index contributed by atoms with van der Waals surface area (Å²) in [4.78, 5) is 0. The maximum Gasteiger partial charge on any atom is 0.147 e. The largest absolute Gasteiger partial charge is 0.382 e. The van der Waals surface area contributed by atoms with E-state index in [0.29, 0.717) is 16.7 Å². The lowest BCUT2D eigenvalue weighted by atomic mass is 10.1. The van der Waals surface area contributed by atoms with E-state index >= 15 is 0 Å². The topological polar surface area (TPSA) is 38.0 Å². The molecule has 1 heterocycles. The summed E-state index contributed by atoms with van der Waals surface area (Å²) in [5.41, 5.74) is 0.650. The normalized spacial score (nSPS) is 12.7. The minimum Gasteiger partial charge on any atom is -0.382 e. The molecule has 0 aliphatic heterocycles. The fourth-order valence-corrected chi connectivity index (χ4v) is 2.47. The number of aryl methyl sites for hydroxylation is 1. The summed E-state index contributed by atoms with van der Waals surface area (Å²) in [7, 11) is 0. The Kier molecular flexibility index (Phi) is 4.04. The average molecular weight is 334 g/mol. The molecule has 18 heavy (non-hydrogen) atoms. The van der Waals surface area contributed by atoms with E-state index < -0.39 is 11.9 Å². The van der Waals surface area contributed by atoms with E-state index in [-0.39, 0.29) is 10.6 Å². The second kappa shape index (κ2) is 5.38. The van der Waals surface area contributed by atoms with Crippen molar-refractivity contribution < 1.29 is 9.50 Å². The van der Waals surface area contributed by atoms with Gasteiger partial charge in [0.05, 0.1) is 21.4 Å². The Bertz CT molecular complexity index is 573. The molecule has 1 aromatic heterocycles. The maximum atomic E-state index is 13.9. The average Bonchev–Trinajstić information content (AvgIpc) is 2.73. The Labute approximate surface area is 117 Å². The smallest absolute Gasteiger partial charge is 0.147 e. The summed E-state index contributed by atoms with van der Waals surface area (Å²) in [5, 5.41) is 14.4. The summed E-state index contributed by atoms with van der Waals surface area (Å²) in [5.74, 6) is -0.609. The van der Waals surface area contributed by atoms with Crippen LogP contribution in [0.2, 0.25) is 5.02 Å². The fraction of sp³-hybridized carbons (Fsp3) is 0.250. The van der Waals surface area contributed by atoms with Gasteiger partial charge in [0.25, 0.3) is 0 Å². The maximum absolute atomic E-state index is 13.9. The van der Waals surface area contributed by atoms with Crippen molar-refractivity contribution in [3.05, 3.63) is 51.0 Å². The minimum absolute atomic E-state index is 0.00904. The highest BCUT2D eigenvalue weighted by Gasteiger charge is 2.22. The van der Waals surface area contributed by atoms with E-state index in [1.165, 1.54) is 12.1 Å². The Morgan fingerprint density at radius 2 is 2.28 bits per heavy atom. The van der Waals surface area contributed by atoms with E-state index in [0.717, 1.165) is 0 Å². The Balaban J connectivity index is 2.51. The van der Waals surface area contributed by atoms with Gasteiger partial charge < -0.3 is 5.11 Å². The van der Waals surface area contributed by atoms with Crippen molar-refractivity contribution >= 4 is 27.5 Å². The van der Waals surface area contributed by atoms with E-state index in [2.05, 4.69) is 21.0 Å². The van der Waals surface area contributed by atoms with E-state index in [9.17, 15) is 9.50 Å². The number of nitrogens with zero attached hydrogens (tertiary/aromatic N) is 2. The van der Waals surface area contributed by atoms with Gasteiger partial charge in [-0.15, -0.1) is 0 Å². The molecule has 0 aliphatic rings. The van der Waals surface area contributed by atoms with Crippen molar-refractivity contribution in [1.29, 1.82) is 0 Å². The van der Waals surface area contributed by atoms with Gasteiger partial charge in [-0.05, 0) is 28.9 Å². The van der Waals surface area contributed by atoms with Gasteiger partial charge in [-0.3, -0.25) is 4.68 Å². The van der Waals surface area contributed by atoms with Crippen LogP contribution >= 0.6 is 27.5 Å². The second-order valence-electron chi connectivity index (χ2n) is 3.74. The number of aromatic nitrogens is 2. The molecular weight excluding hydrogens is 322 g/mol. The van der Waals surface area contributed by atoms with Gasteiger partial charge in [0.15, 0.2) is 0 Å². The van der Waals surface area contributed by atoms with E-state index in [1.54, 1.807) is 16.9 Å². The van der Waals surface area contributed by atoms with Gasteiger partial charge in [0, 0.05) is 12.1 Å². The third kappa shape index (κ3) is 2.30. The molecule has 2 aromatic rings. The summed E-state index contributed by atoms with van der Waals surface area (Å²) >= 11 is 9.01. The standard InChI is InChI=1S/C12H11BrClFN2O/c1-2-17-11(8(13)6-16-17)12(18)7-4-3-5-9(14)10(7)15/h3-6,12,18H,2H2,1H3. The molecule has 3 nitrogen and oxygen atoms in total. The second-order valence-corrected chi connectivity index (χ2v) is 5.00. The monoisotopic (exact) mass is 332 g/mol. The quantitative estimate of drug-likeness (QED) is 0.933. The van der Waals surface area contributed by atoms with Gasteiger partial charge in [-0.2, -0.15) is 5.10 Å². The van der Waals surface area contributed by atoms with Crippen LogP contribution < -0.4 is 0 Å². The first kappa shape index (κ1) is 13.5. The number of aliphatic hydroxyl groups excluding tert-OH is 1. The molecule has 2 rings (SSSR count). The summed E-state index contributed by atoms with van der Waals surface area (Å²) in [6.45, 7) is 2.48. The van der Waals surface area contributed by atoms with Crippen molar-refractivity contribution in [2.75, 3.05) is 0 Å². The van der Waals surface area contributed by atoms with Crippen LogP contribution in [0.4, 0.5) is 4.39 Å². The van der Waals surface area contributed by atoms with Crippen LogP contribution in [0.3, 0.4) is 0 Å². The lowest BCUT2D eigenvalue weighted by Gasteiger charge is -2.14. The van der Waals surface area contributed by atoms with Gasteiger partial charge >= 0.3 is 0 Å². The molecule has 0 bridgehead atoms. The number of hydrogen-bond acceptors (Lipinski definition) is 2. The molecular formula is C12H11BrClFN2O. The molecule has 0 aliphatic carbocycles. The number of benzene rings is 1. The first-order valence-corrected chi connectivity index (χ1v) is 6.56. The lowest BCUT2D eigenvalue weighted by Crippen LogP contribution is -2.11. The predicted octanol–water partition coefficient (Wildman–Crippen LogP) is 3.54. The van der Waals surface area contributed by atoms with Crippen molar-refractivity contribution in [3.8, 4) is 0 Å². The number of rotatable bonds is 3. The number of halogens is 3. The van der Waals surface area contributed by atoms with Crippen LogP contribution in [-0.4, -0.2) is 14.9 Å². The van der Waals surface area contributed by atoms with Crippen LogP contribution in [0.5, 0.6) is 0 Å². The van der Waals surface area contributed by atoms with Gasteiger partial charge in [-0.25, -0.2) is 4.39 Å². The van der Waals surface area contributed by atoms with E-state index in [1.807, 2.05) is 6.92 Å². The third-order valence-electron chi connectivity index (χ3n) is 2.67. The van der Waals surface area contributed by atoms with Crippen LogP contribution in [0.15, 0.2) is 28.9 Å². The van der Waals surface area contributed by atoms with Gasteiger partial charge in [-0.1, -0.05) is 23.7 Å². The van der Waals surface area contributed by atoms with Crippen molar-refractivity contribution in [1.82, 2.24) is 9.78 Å². The highest BCUT2D eigenvalue weighted by molar-refractivity contribution is 9.10. The zero-order valence-electron chi connectivity index (χ0n) is 9.57. The molecule has 0 radical (unpaired) electrons. The SMILES string of the molecule is CCn1ncc(Br)c1C(O)c1cccc(Cl)c1F. The highest BCUT2D eigenvalue weighted by atomic mass is 79.9. The molecule has 0 saturated carbocycles. The molecule has 96 valence electrons. The number of aliphatic hydroxyl groups is 1. The molecule has 0 spiro atoms. The van der Waals surface area contributed by atoms with Gasteiger partial charge in [0.2, 0.25) is 0 Å². The van der Waals surface area contributed by atoms with Crippen molar-refractivity contribution in [3.63, 3.8) is 0 Å². The Hall–Kier alpha value is -0.910. The lowest BCUT2D eigenvalue weighted by molar-refractivity contribution is 0.202. The predicted molar refractivity (Wildman–Crippen MR) is 71.1 cm³/mol. The van der Waals surface area contributed by atoms with Crippen molar-refractivity contribution in [2.45, 2.75) is 19.6 Å². The van der Waals surface area contributed by atoms with Gasteiger partial charge in [0.1, 0.15) is 11.9 Å². The van der Waals surface area contributed by atoms with Crippen LogP contribution in [0.1, 0.15) is 24.3 Å². The molecule has 0 amide bonds. The van der Waals surface area contributed by atoms with E-state index in [4.69, 9.17) is 11.6 Å². The summed E-state index contributed by atoms with van der Waals surface area (Å²) in [6.07, 6.45) is 0.463. The Morgan fingerprint density at radius 1 is 1.56 bits per heavy atom. The number of hydrogen-bond donors (Lipinski definition) is 1. The highest BCUT2D eigenvalue weighted by Crippen LogP contribution is 2.31. The molecule has 1 atom stereocenters. The molecule has 0 fully saturated rings. The minimum atomic E-state index is -1.11.